The lowest BCUT2D eigenvalue weighted by atomic mass is 10.1. The molecule has 1 N–H and O–H groups in total. The molecule has 1 unspecified atom stereocenters. The smallest absolute Gasteiger partial charge is 0.0834 e. The lowest BCUT2D eigenvalue weighted by Crippen LogP contribution is -2.25. The zero-order valence-electron chi connectivity index (χ0n) is 10.0. The molecule has 1 fully saturated rings. The fraction of sp³-hybridized carbons (Fsp3) is 0.750. The fourth-order valence-electron chi connectivity index (χ4n) is 2.11. The van der Waals surface area contributed by atoms with Gasteiger partial charge < -0.3 is 5.32 Å². The average Bonchev–Trinajstić information content (AvgIpc) is 3.01. The van der Waals surface area contributed by atoms with Crippen LogP contribution >= 0.6 is 11.6 Å². The SMILES string of the molecule is CCCNC(CC1CC1)c1c(Cl)cnn1C. The minimum absolute atomic E-state index is 0.368. The summed E-state index contributed by atoms with van der Waals surface area (Å²) in [7, 11) is 1.97. The van der Waals surface area contributed by atoms with Crippen molar-refractivity contribution in [3.05, 3.63) is 16.9 Å². The van der Waals surface area contributed by atoms with Crippen molar-refractivity contribution in [1.29, 1.82) is 0 Å². The molecule has 0 saturated heterocycles. The Balaban J connectivity index is 2.09. The normalized spacial score (nSPS) is 17.7. The Labute approximate surface area is 102 Å². The van der Waals surface area contributed by atoms with Gasteiger partial charge in [-0.05, 0) is 25.3 Å². The Bertz CT molecular complexity index is 325. The molecule has 3 nitrogen and oxygen atoms in total. The molecule has 1 aromatic rings. The van der Waals surface area contributed by atoms with Crippen molar-refractivity contribution in [3.63, 3.8) is 0 Å². The van der Waals surface area contributed by atoms with E-state index in [2.05, 4.69) is 17.3 Å². The van der Waals surface area contributed by atoms with Crippen LogP contribution in [0, 0.1) is 5.92 Å². The van der Waals surface area contributed by atoms with Crippen LogP contribution in [0.2, 0.25) is 5.02 Å². The highest BCUT2D eigenvalue weighted by atomic mass is 35.5. The van der Waals surface area contributed by atoms with Gasteiger partial charge in [-0.2, -0.15) is 5.10 Å². The lowest BCUT2D eigenvalue weighted by Gasteiger charge is -2.19. The third-order valence-electron chi connectivity index (χ3n) is 3.17. The van der Waals surface area contributed by atoms with Gasteiger partial charge in [-0.15, -0.1) is 0 Å². The number of nitrogens with zero attached hydrogens (tertiary/aromatic N) is 2. The van der Waals surface area contributed by atoms with Crippen LogP contribution < -0.4 is 5.32 Å². The molecule has 4 heteroatoms. The summed E-state index contributed by atoms with van der Waals surface area (Å²) in [6.45, 7) is 3.23. The van der Waals surface area contributed by atoms with E-state index < -0.39 is 0 Å². The Morgan fingerprint density at radius 1 is 1.62 bits per heavy atom. The fourth-order valence-corrected chi connectivity index (χ4v) is 2.41. The van der Waals surface area contributed by atoms with E-state index >= 15 is 0 Å². The standard InChI is InChI=1S/C12H20ClN3/c1-3-6-14-11(7-9-4-5-9)12-10(13)8-15-16(12)2/h8-9,11,14H,3-7H2,1-2H3. The van der Waals surface area contributed by atoms with Gasteiger partial charge in [0.15, 0.2) is 0 Å². The maximum atomic E-state index is 6.20. The molecule has 1 aliphatic rings. The molecule has 0 bridgehead atoms. The van der Waals surface area contributed by atoms with Crippen LogP contribution in [0.1, 0.15) is 44.3 Å². The summed E-state index contributed by atoms with van der Waals surface area (Å²) in [6.07, 6.45) is 6.83. The highest BCUT2D eigenvalue weighted by Crippen LogP contribution is 2.38. The van der Waals surface area contributed by atoms with Gasteiger partial charge in [0.25, 0.3) is 0 Å². The van der Waals surface area contributed by atoms with E-state index in [0.29, 0.717) is 6.04 Å². The van der Waals surface area contributed by atoms with Gasteiger partial charge in [0.05, 0.1) is 23.0 Å². The molecule has 0 spiro atoms. The predicted octanol–water partition coefficient (Wildman–Crippen LogP) is 2.91. The van der Waals surface area contributed by atoms with Crippen molar-refractivity contribution >= 4 is 11.6 Å². The average molecular weight is 242 g/mol. The Hall–Kier alpha value is -0.540. The Kier molecular flexibility index (Phi) is 3.87. The topological polar surface area (TPSA) is 29.9 Å². The largest absolute Gasteiger partial charge is 0.309 e. The molecule has 1 atom stereocenters. The highest BCUT2D eigenvalue weighted by Gasteiger charge is 2.28. The molecule has 90 valence electrons. The molecule has 0 radical (unpaired) electrons. The van der Waals surface area contributed by atoms with Crippen LogP contribution in [-0.4, -0.2) is 16.3 Å². The van der Waals surface area contributed by atoms with Gasteiger partial charge >= 0.3 is 0 Å². The van der Waals surface area contributed by atoms with E-state index in [4.69, 9.17) is 11.6 Å². The molecule has 0 aliphatic heterocycles. The van der Waals surface area contributed by atoms with Crippen molar-refractivity contribution < 1.29 is 0 Å². The number of halogens is 1. The molecule has 1 aromatic heterocycles. The molecule has 0 aromatic carbocycles. The predicted molar refractivity (Wildman–Crippen MR) is 66.6 cm³/mol. The zero-order valence-corrected chi connectivity index (χ0v) is 10.8. The number of hydrogen-bond donors (Lipinski definition) is 1. The molecule has 0 amide bonds. The van der Waals surface area contributed by atoms with Gasteiger partial charge in [-0.3, -0.25) is 4.68 Å². The number of rotatable bonds is 6. The molecule has 1 saturated carbocycles. The van der Waals surface area contributed by atoms with E-state index in [0.717, 1.165) is 29.6 Å². The molecule has 2 rings (SSSR count). The second kappa shape index (κ2) is 5.19. The zero-order chi connectivity index (χ0) is 11.5. The second-order valence-electron chi connectivity index (χ2n) is 4.69. The third kappa shape index (κ3) is 2.77. The number of aromatic nitrogens is 2. The first-order valence-electron chi connectivity index (χ1n) is 6.13. The van der Waals surface area contributed by atoms with Crippen LogP contribution in [0.3, 0.4) is 0 Å². The lowest BCUT2D eigenvalue weighted by molar-refractivity contribution is 0.447. The summed E-state index contributed by atoms with van der Waals surface area (Å²) in [4.78, 5) is 0. The Morgan fingerprint density at radius 2 is 2.38 bits per heavy atom. The first kappa shape index (κ1) is 11.9. The van der Waals surface area contributed by atoms with Gasteiger partial charge in [-0.25, -0.2) is 0 Å². The van der Waals surface area contributed by atoms with E-state index in [9.17, 15) is 0 Å². The van der Waals surface area contributed by atoms with Gasteiger partial charge in [0.2, 0.25) is 0 Å². The molecule has 16 heavy (non-hydrogen) atoms. The maximum Gasteiger partial charge on any atom is 0.0834 e. The summed E-state index contributed by atoms with van der Waals surface area (Å²) in [5, 5.41) is 8.59. The summed E-state index contributed by atoms with van der Waals surface area (Å²) in [5.41, 5.74) is 1.14. The minimum Gasteiger partial charge on any atom is -0.309 e. The summed E-state index contributed by atoms with van der Waals surface area (Å²) in [5.74, 6) is 0.889. The van der Waals surface area contributed by atoms with Crippen molar-refractivity contribution in [2.45, 2.75) is 38.6 Å². The Morgan fingerprint density at radius 3 is 2.88 bits per heavy atom. The van der Waals surface area contributed by atoms with Crippen LogP contribution in [0.25, 0.3) is 0 Å². The van der Waals surface area contributed by atoms with Crippen LogP contribution in [-0.2, 0) is 7.05 Å². The summed E-state index contributed by atoms with van der Waals surface area (Å²) in [6, 6.07) is 0.368. The quantitative estimate of drug-likeness (QED) is 0.830. The number of hydrogen-bond acceptors (Lipinski definition) is 2. The van der Waals surface area contributed by atoms with E-state index in [1.54, 1.807) is 6.20 Å². The minimum atomic E-state index is 0.368. The van der Waals surface area contributed by atoms with Crippen LogP contribution in [0.5, 0.6) is 0 Å². The van der Waals surface area contributed by atoms with Crippen molar-refractivity contribution in [2.24, 2.45) is 13.0 Å². The monoisotopic (exact) mass is 241 g/mol. The van der Waals surface area contributed by atoms with Gasteiger partial charge in [0, 0.05) is 7.05 Å². The van der Waals surface area contributed by atoms with Crippen molar-refractivity contribution in [1.82, 2.24) is 15.1 Å². The van der Waals surface area contributed by atoms with Crippen molar-refractivity contribution in [2.75, 3.05) is 6.54 Å². The molecular formula is C12H20ClN3. The van der Waals surface area contributed by atoms with Crippen LogP contribution in [0.15, 0.2) is 6.20 Å². The second-order valence-corrected chi connectivity index (χ2v) is 5.09. The first-order valence-corrected chi connectivity index (χ1v) is 6.51. The highest BCUT2D eigenvalue weighted by molar-refractivity contribution is 6.31. The summed E-state index contributed by atoms with van der Waals surface area (Å²) < 4.78 is 1.90. The van der Waals surface area contributed by atoms with E-state index in [1.807, 2.05) is 11.7 Å². The van der Waals surface area contributed by atoms with Gasteiger partial charge in [0.1, 0.15) is 0 Å². The number of aryl methyl sites for hydroxylation is 1. The first-order chi connectivity index (χ1) is 7.72. The third-order valence-corrected chi connectivity index (χ3v) is 3.47. The molecule has 1 heterocycles. The number of nitrogens with one attached hydrogen (secondary N) is 1. The van der Waals surface area contributed by atoms with Crippen LogP contribution in [0.4, 0.5) is 0 Å². The molecular weight excluding hydrogens is 222 g/mol. The van der Waals surface area contributed by atoms with Gasteiger partial charge in [-0.1, -0.05) is 31.4 Å². The van der Waals surface area contributed by atoms with E-state index in [1.165, 1.54) is 19.3 Å². The van der Waals surface area contributed by atoms with E-state index in [-0.39, 0.29) is 0 Å². The molecule has 1 aliphatic carbocycles. The summed E-state index contributed by atoms with van der Waals surface area (Å²) >= 11 is 6.20. The maximum absolute atomic E-state index is 6.20. The van der Waals surface area contributed by atoms with Crippen molar-refractivity contribution in [3.8, 4) is 0 Å².